The van der Waals surface area contributed by atoms with E-state index in [-0.39, 0.29) is 31.1 Å². The van der Waals surface area contributed by atoms with E-state index in [1.165, 1.54) is 6.07 Å². The van der Waals surface area contributed by atoms with Crippen LogP contribution in [-0.4, -0.2) is 31.8 Å². The number of hydrogen-bond acceptors (Lipinski definition) is 6. The van der Waals surface area contributed by atoms with Crippen LogP contribution >= 0.6 is 11.6 Å². The van der Waals surface area contributed by atoms with Gasteiger partial charge in [0.15, 0.2) is 6.61 Å². The number of rotatable bonds is 9. The van der Waals surface area contributed by atoms with Crippen molar-refractivity contribution in [2.45, 2.75) is 0 Å². The summed E-state index contributed by atoms with van der Waals surface area (Å²) in [6, 6.07) is 22.2. The molecule has 3 aromatic rings. The molecule has 3 rings (SSSR count). The van der Waals surface area contributed by atoms with Gasteiger partial charge in [0.25, 0.3) is 0 Å². The van der Waals surface area contributed by atoms with Gasteiger partial charge in [0.2, 0.25) is 0 Å². The maximum atomic E-state index is 12.2. The monoisotopic (exact) mass is 426 g/mol. The Balaban J connectivity index is 1.45. The average Bonchev–Trinajstić information content (AvgIpc) is 2.77. The Hall–Kier alpha value is -3.51. The maximum absolute atomic E-state index is 12.2. The molecule has 0 unspecified atom stereocenters. The minimum atomic E-state index is -0.628. The molecule has 6 nitrogen and oxygen atoms in total. The number of hydrogen-bond donors (Lipinski definition) is 0. The van der Waals surface area contributed by atoms with Crippen molar-refractivity contribution < 1.29 is 28.5 Å². The van der Waals surface area contributed by atoms with Gasteiger partial charge < -0.3 is 18.9 Å². The molecule has 0 radical (unpaired) electrons. The van der Waals surface area contributed by atoms with Gasteiger partial charge in [-0.15, -0.1) is 0 Å². The van der Waals surface area contributed by atoms with Crippen LogP contribution in [0.25, 0.3) is 0 Å². The van der Waals surface area contributed by atoms with Crippen LogP contribution in [0.4, 0.5) is 0 Å². The van der Waals surface area contributed by atoms with Gasteiger partial charge in [-0.3, -0.25) is 0 Å². The van der Waals surface area contributed by atoms with Crippen molar-refractivity contribution in [3.63, 3.8) is 0 Å². The molecule has 0 bridgehead atoms. The highest BCUT2D eigenvalue weighted by atomic mass is 35.5. The third-order valence-corrected chi connectivity index (χ3v) is 4.12. The number of carbonyl (C=O) groups excluding carboxylic acids is 2. The highest BCUT2D eigenvalue weighted by Gasteiger charge is 2.12. The van der Waals surface area contributed by atoms with Crippen LogP contribution in [0.2, 0.25) is 5.02 Å². The fourth-order valence-electron chi connectivity index (χ4n) is 2.44. The normalized spacial score (nSPS) is 10.2. The Morgan fingerprint density at radius 1 is 0.767 bits per heavy atom. The first-order chi connectivity index (χ1) is 14.6. The van der Waals surface area contributed by atoms with E-state index >= 15 is 0 Å². The van der Waals surface area contributed by atoms with Gasteiger partial charge in [-0.25, -0.2) is 9.59 Å². The van der Waals surface area contributed by atoms with Crippen molar-refractivity contribution in [2.75, 3.05) is 19.8 Å². The quantitative estimate of drug-likeness (QED) is 0.284. The Morgan fingerprint density at radius 2 is 1.50 bits per heavy atom. The zero-order valence-electron chi connectivity index (χ0n) is 16.0. The molecule has 0 atom stereocenters. The molecular formula is C23H19ClO6. The van der Waals surface area contributed by atoms with E-state index in [4.69, 9.17) is 30.5 Å². The molecule has 0 amide bonds. The Labute approximate surface area is 178 Å². The summed E-state index contributed by atoms with van der Waals surface area (Å²) in [5.74, 6) is 0.110. The van der Waals surface area contributed by atoms with Crippen LogP contribution < -0.4 is 14.2 Å². The van der Waals surface area contributed by atoms with E-state index < -0.39 is 11.9 Å². The second kappa shape index (κ2) is 10.9. The van der Waals surface area contributed by atoms with E-state index in [1.807, 2.05) is 30.3 Å². The van der Waals surface area contributed by atoms with Crippen LogP contribution in [-0.2, 0) is 9.53 Å². The zero-order valence-corrected chi connectivity index (χ0v) is 16.7. The molecule has 7 heteroatoms. The molecule has 0 spiro atoms. The van der Waals surface area contributed by atoms with Crippen LogP contribution in [0.5, 0.6) is 17.2 Å². The van der Waals surface area contributed by atoms with Gasteiger partial charge in [-0.2, -0.15) is 0 Å². The molecular weight excluding hydrogens is 408 g/mol. The molecule has 0 aliphatic carbocycles. The number of ether oxygens (including phenoxy) is 4. The first-order valence-corrected chi connectivity index (χ1v) is 9.52. The molecule has 154 valence electrons. The van der Waals surface area contributed by atoms with Crippen LogP contribution in [0.3, 0.4) is 0 Å². The SMILES string of the molecule is O=C(COc1ccccc1Cl)Oc1cccc(C(=O)OCCOc2ccccc2)c1. The molecule has 0 fully saturated rings. The van der Waals surface area contributed by atoms with Gasteiger partial charge in [0.1, 0.15) is 30.5 Å². The summed E-state index contributed by atoms with van der Waals surface area (Å²) in [6.45, 7) is -0.0114. The summed E-state index contributed by atoms with van der Waals surface area (Å²) in [7, 11) is 0. The summed E-state index contributed by atoms with van der Waals surface area (Å²) < 4.78 is 21.2. The fraction of sp³-hybridized carbons (Fsp3) is 0.130. The van der Waals surface area contributed by atoms with Gasteiger partial charge in [0.05, 0.1) is 10.6 Å². The third-order valence-electron chi connectivity index (χ3n) is 3.81. The Morgan fingerprint density at radius 3 is 2.30 bits per heavy atom. The number of para-hydroxylation sites is 2. The van der Waals surface area contributed by atoms with E-state index in [9.17, 15) is 9.59 Å². The lowest BCUT2D eigenvalue weighted by atomic mass is 10.2. The van der Waals surface area contributed by atoms with Crippen molar-refractivity contribution in [1.82, 2.24) is 0 Å². The molecule has 0 heterocycles. The largest absolute Gasteiger partial charge is 0.490 e. The highest BCUT2D eigenvalue weighted by Crippen LogP contribution is 2.23. The molecule has 3 aromatic carbocycles. The lowest BCUT2D eigenvalue weighted by molar-refractivity contribution is -0.136. The van der Waals surface area contributed by atoms with Gasteiger partial charge in [0, 0.05) is 0 Å². The zero-order chi connectivity index (χ0) is 21.2. The summed E-state index contributed by atoms with van der Waals surface area (Å²) in [4.78, 5) is 24.2. The first-order valence-electron chi connectivity index (χ1n) is 9.15. The van der Waals surface area contributed by atoms with Crippen molar-refractivity contribution in [2.24, 2.45) is 0 Å². The smallest absolute Gasteiger partial charge is 0.349 e. The van der Waals surface area contributed by atoms with E-state index in [0.717, 1.165) is 0 Å². The lowest BCUT2D eigenvalue weighted by Gasteiger charge is -2.09. The fourth-order valence-corrected chi connectivity index (χ4v) is 2.63. The second-order valence-electron chi connectivity index (χ2n) is 6.02. The topological polar surface area (TPSA) is 71.1 Å². The number of halogens is 1. The second-order valence-corrected chi connectivity index (χ2v) is 6.43. The summed E-state index contributed by atoms with van der Waals surface area (Å²) in [6.07, 6.45) is 0. The molecule has 0 aromatic heterocycles. The molecule has 30 heavy (non-hydrogen) atoms. The molecule has 0 N–H and O–H groups in total. The summed E-state index contributed by atoms with van der Waals surface area (Å²) in [5.41, 5.74) is 0.257. The highest BCUT2D eigenvalue weighted by molar-refractivity contribution is 6.32. The molecule has 0 aliphatic heterocycles. The van der Waals surface area contributed by atoms with Crippen LogP contribution in [0, 0.1) is 0 Å². The number of carbonyl (C=O) groups is 2. The summed E-state index contributed by atoms with van der Waals surface area (Å²) in [5, 5.41) is 0.395. The van der Waals surface area contributed by atoms with E-state index in [0.29, 0.717) is 16.5 Å². The standard InChI is InChI=1S/C23H19ClO6/c24-20-11-4-5-12-21(20)29-16-22(25)30-19-10-6-7-17(15-19)23(26)28-14-13-27-18-8-2-1-3-9-18/h1-12,15H,13-14,16H2. The van der Waals surface area contributed by atoms with E-state index in [2.05, 4.69) is 0 Å². The minimum Gasteiger partial charge on any atom is -0.490 e. The molecule has 0 aliphatic rings. The number of benzene rings is 3. The van der Waals surface area contributed by atoms with Crippen LogP contribution in [0.1, 0.15) is 10.4 Å². The predicted octanol–water partition coefficient (Wildman–Crippen LogP) is 4.56. The van der Waals surface area contributed by atoms with Gasteiger partial charge >= 0.3 is 11.9 Å². The third kappa shape index (κ3) is 6.53. The predicted molar refractivity (Wildman–Crippen MR) is 111 cm³/mol. The summed E-state index contributed by atoms with van der Waals surface area (Å²) >= 11 is 5.97. The minimum absolute atomic E-state index is 0.0867. The van der Waals surface area contributed by atoms with Crippen molar-refractivity contribution in [3.8, 4) is 17.2 Å². The van der Waals surface area contributed by atoms with Crippen molar-refractivity contribution >= 4 is 23.5 Å². The first kappa shape index (κ1) is 21.2. The van der Waals surface area contributed by atoms with Crippen molar-refractivity contribution in [1.29, 1.82) is 0 Å². The van der Waals surface area contributed by atoms with Gasteiger partial charge in [-0.05, 0) is 42.5 Å². The van der Waals surface area contributed by atoms with E-state index in [1.54, 1.807) is 42.5 Å². The maximum Gasteiger partial charge on any atom is 0.349 e. The Bertz CT molecular complexity index is 990. The number of esters is 2. The van der Waals surface area contributed by atoms with Crippen LogP contribution in [0.15, 0.2) is 78.9 Å². The van der Waals surface area contributed by atoms with Crippen molar-refractivity contribution in [3.05, 3.63) is 89.4 Å². The van der Waals surface area contributed by atoms with Gasteiger partial charge in [-0.1, -0.05) is 48.0 Å². The Kier molecular flexibility index (Phi) is 7.69. The molecule has 0 saturated carbocycles. The average molecular weight is 427 g/mol. The lowest BCUT2D eigenvalue weighted by Crippen LogP contribution is -2.18. The molecule has 0 saturated heterocycles.